The average molecular weight is 335 g/mol. The Bertz CT molecular complexity index is 624. The second-order valence-electron chi connectivity index (χ2n) is 5.57. The molecule has 1 heterocycles. The summed E-state index contributed by atoms with van der Waals surface area (Å²) in [5.41, 5.74) is 1.69. The third kappa shape index (κ3) is 3.04. The lowest BCUT2D eigenvalue weighted by atomic mass is 9.97. The zero-order chi connectivity index (χ0) is 14.9. The van der Waals surface area contributed by atoms with Crippen molar-refractivity contribution in [2.45, 2.75) is 33.6 Å². The van der Waals surface area contributed by atoms with E-state index in [-0.39, 0.29) is 17.6 Å². The van der Waals surface area contributed by atoms with Crippen LogP contribution in [0.25, 0.3) is 11.3 Å². The summed E-state index contributed by atoms with van der Waals surface area (Å²) in [7, 11) is 0. The average Bonchev–Trinajstić information content (AvgIpc) is 2.82. The van der Waals surface area contributed by atoms with Gasteiger partial charge in [-0.1, -0.05) is 55.8 Å². The van der Waals surface area contributed by atoms with Crippen LogP contribution in [0, 0.1) is 5.92 Å². The van der Waals surface area contributed by atoms with Crippen molar-refractivity contribution in [3.05, 3.63) is 46.1 Å². The molecule has 0 atom stereocenters. The minimum absolute atomic E-state index is 0.0274. The second-order valence-corrected chi connectivity index (χ2v) is 6.49. The molecule has 0 aliphatic heterocycles. The molecule has 2 aromatic rings. The molecule has 106 valence electrons. The molecular formula is C17H19BrO2. The van der Waals surface area contributed by atoms with Gasteiger partial charge in [0.15, 0.2) is 5.78 Å². The van der Waals surface area contributed by atoms with E-state index >= 15 is 0 Å². The Labute approximate surface area is 128 Å². The van der Waals surface area contributed by atoms with E-state index in [0.717, 1.165) is 21.6 Å². The Morgan fingerprint density at radius 1 is 1.15 bits per heavy atom. The van der Waals surface area contributed by atoms with E-state index in [4.69, 9.17) is 4.42 Å². The lowest BCUT2D eigenvalue weighted by Gasteiger charge is -2.06. The molecular weight excluding hydrogens is 316 g/mol. The van der Waals surface area contributed by atoms with E-state index in [1.54, 1.807) is 0 Å². The first-order valence-corrected chi connectivity index (χ1v) is 7.63. The van der Waals surface area contributed by atoms with Gasteiger partial charge in [-0.05, 0) is 18.2 Å². The molecule has 3 heteroatoms. The van der Waals surface area contributed by atoms with Gasteiger partial charge in [-0.15, -0.1) is 0 Å². The number of Topliss-reactive ketones (excluding diaryl/α,β-unsaturated/α-hetero) is 1. The predicted molar refractivity (Wildman–Crippen MR) is 85.1 cm³/mol. The van der Waals surface area contributed by atoms with Gasteiger partial charge in [0.1, 0.15) is 11.5 Å². The quantitative estimate of drug-likeness (QED) is 0.674. The van der Waals surface area contributed by atoms with Crippen LogP contribution in [-0.2, 0) is 0 Å². The molecule has 2 nitrogen and oxygen atoms in total. The van der Waals surface area contributed by atoms with E-state index in [1.807, 2.05) is 58.0 Å². The van der Waals surface area contributed by atoms with Crippen LogP contribution in [0.1, 0.15) is 49.7 Å². The Morgan fingerprint density at radius 2 is 1.85 bits per heavy atom. The lowest BCUT2D eigenvalue weighted by Crippen LogP contribution is -2.09. The molecule has 0 radical (unpaired) electrons. The first-order chi connectivity index (χ1) is 9.40. The summed E-state index contributed by atoms with van der Waals surface area (Å²) in [6.07, 6.45) is 0. The van der Waals surface area contributed by atoms with Crippen LogP contribution in [0.2, 0.25) is 0 Å². The van der Waals surface area contributed by atoms with Crippen molar-refractivity contribution in [1.82, 2.24) is 0 Å². The molecule has 1 aromatic carbocycles. The number of hydrogen-bond acceptors (Lipinski definition) is 2. The smallest absolute Gasteiger partial charge is 0.168 e. The number of ketones is 1. The summed E-state index contributed by atoms with van der Waals surface area (Å²) >= 11 is 3.46. The number of carbonyl (C=O) groups is 1. The lowest BCUT2D eigenvalue weighted by molar-refractivity contribution is 0.0937. The molecule has 2 rings (SSSR count). The van der Waals surface area contributed by atoms with Gasteiger partial charge >= 0.3 is 0 Å². The highest BCUT2D eigenvalue weighted by Crippen LogP contribution is 2.32. The normalized spacial score (nSPS) is 11.3. The van der Waals surface area contributed by atoms with Crippen LogP contribution in [-0.4, -0.2) is 5.78 Å². The fourth-order valence-electron chi connectivity index (χ4n) is 2.12. The summed E-state index contributed by atoms with van der Waals surface area (Å²) < 4.78 is 6.94. The van der Waals surface area contributed by atoms with Crippen LogP contribution < -0.4 is 0 Å². The molecule has 0 spiro atoms. The highest BCUT2D eigenvalue weighted by atomic mass is 79.9. The Hall–Kier alpha value is -1.35. The first kappa shape index (κ1) is 15.0. The molecule has 0 saturated heterocycles. The third-order valence-corrected chi connectivity index (χ3v) is 3.68. The molecule has 0 saturated carbocycles. The third-order valence-electron chi connectivity index (χ3n) is 3.18. The maximum Gasteiger partial charge on any atom is 0.168 e. The van der Waals surface area contributed by atoms with Gasteiger partial charge in [0.05, 0.1) is 5.56 Å². The molecule has 0 bridgehead atoms. The van der Waals surface area contributed by atoms with Crippen LogP contribution in [0.15, 0.2) is 39.2 Å². The van der Waals surface area contributed by atoms with Gasteiger partial charge in [0, 0.05) is 21.9 Å². The van der Waals surface area contributed by atoms with Gasteiger partial charge in [0.2, 0.25) is 0 Å². The van der Waals surface area contributed by atoms with Crippen molar-refractivity contribution in [1.29, 1.82) is 0 Å². The molecule has 0 aliphatic rings. The molecule has 1 aromatic heterocycles. The molecule has 20 heavy (non-hydrogen) atoms. The first-order valence-electron chi connectivity index (χ1n) is 6.84. The van der Waals surface area contributed by atoms with E-state index in [2.05, 4.69) is 15.9 Å². The summed E-state index contributed by atoms with van der Waals surface area (Å²) in [4.78, 5) is 12.3. The maximum atomic E-state index is 12.3. The summed E-state index contributed by atoms with van der Waals surface area (Å²) in [5.74, 6) is 1.82. The molecule has 0 unspecified atom stereocenters. The van der Waals surface area contributed by atoms with E-state index in [0.29, 0.717) is 5.56 Å². The Kier molecular flexibility index (Phi) is 4.48. The van der Waals surface area contributed by atoms with Crippen molar-refractivity contribution in [2.75, 3.05) is 0 Å². The van der Waals surface area contributed by atoms with Crippen molar-refractivity contribution >= 4 is 21.7 Å². The topological polar surface area (TPSA) is 30.2 Å². The molecule has 0 aliphatic carbocycles. The van der Waals surface area contributed by atoms with Gasteiger partial charge < -0.3 is 4.42 Å². The SMILES string of the molecule is CC(C)C(=O)c1cc(-c2cccc(Br)c2)oc1C(C)C. The van der Waals surface area contributed by atoms with E-state index < -0.39 is 0 Å². The monoisotopic (exact) mass is 334 g/mol. The van der Waals surface area contributed by atoms with E-state index in [1.165, 1.54) is 0 Å². The zero-order valence-corrected chi connectivity index (χ0v) is 13.8. The van der Waals surface area contributed by atoms with Crippen LogP contribution in [0.4, 0.5) is 0 Å². The van der Waals surface area contributed by atoms with Crippen LogP contribution in [0.3, 0.4) is 0 Å². The molecule has 0 amide bonds. The highest BCUT2D eigenvalue weighted by molar-refractivity contribution is 9.10. The number of rotatable bonds is 4. The van der Waals surface area contributed by atoms with Gasteiger partial charge in [-0.2, -0.15) is 0 Å². The van der Waals surface area contributed by atoms with Gasteiger partial charge in [-0.25, -0.2) is 0 Å². The molecule has 0 N–H and O–H groups in total. The summed E-state index contributed by atoms with van der Waals surface area (Å²) in [6.45, 7) is 7.91. The highest BCUT2D eigenvalue weighted by Gasteiger charge is 2.22. The minimum Gasteiger partial charge on any atom is -0.460 e. The number of halogens is 1. The van der Waals surface area contributed by atoms with Crippen molar-refractivity contribution in [3.63, 3.8) is 0 Å². The summed E-state index contributed by atoms with van der Waals surface area (Å²) in [6, 6.07) is 9.78. The van der Waals surface area contributed by atoms with Crippen molar-refractivity contribution in [2.24, 2.45) is 5.92 Å². The van der Waals surface area contributed by atoms with Gasteiger partial charge in [0.25, 0.3) is 0 Å². The number of hydrogen-bond donors (Lipinski definition) is 0. The fraction of sp³-hybridized carbons (Fsp3) is 0.353. The number of benzene rings is 1. The van der Waals surface area contributed by atoms with Crippen molar-refractivity contribution < 1.29 is 9.21 Å². The molecule has 0 fully saturated rings. The Morgan fingerprint density at radius 3 is 2.40 bits per heavy atom. The number of furan rings is 1. The summed E-state index contributed by atoms with van der Waals surface area (Å²) in [5, 5.41) is 0. The largest absolute Gasteiger partial charge is 0.460 e. The predicted octanol–water partition coefficient (Wildman–Crippen LogP) is 5.67. The minimum atomic E-state index is -0.0274. The standard InChI is InChI=1S/C17H19BrO2/c1-10(2)16(19)14-9-15(20-17(14)11(3)4)12-6-5-7-13(18)8-12/h5-11H,1-4H3. The fourth-order valence-corrected chi connectivity index (χ4v) is 2.52. The van der Waals surface area contributed by atoms with E-state index in [9.17, 15) is 4.79 Å². The van der Waals surface area contributed by atoms with Crippen molar-refractivity contribution in [3.8, 4) is 11.3 Å². The van der Waals surface area contributed by atoms with Crippen LogP contribution >= 0.6 is 15.9 Å². The number of carbonyl (C=O) groups excluding carboxylic acids is 1. The Balaban J connectivity index is 2.52. The maximum absolute atomic E-state index is 12.3. The second kappa shape index (κ2) is 5.96. The van der Waals surface area contributed by atoms with Crippen LogP contribution in [0.5, 0.6) is 0 Å². The zero-order valence-electron chi connectivity index (χ0n) is 12.2. The van der Waals surface area contributed by atoms with Gasteiger partial charge in [-0.3, -0.25) is 4.79 Å².